The summed E-state index contributed by atoms with van der Waals surface area (Å²) in [6, 6.07) is 11.7. The molecule has 1 unspecified atom stereocenters. The minimum atomic E-state index is -0.909. The van der Waals surface area contributed by atoms with Gasteiger partial charge in [0.15, 0.2) is 0 Å². The standard InChI is InChI=1S/C24H29N3O5/c1-17(2)22(29)26-12-10-24(11-13-26)27(23(30)18-7-4-3-5-8-18)20(16-32-24)21(28)25-15-19-9-6-14-31-19/h3-9,14,17,20H,10-13,15-16H2,1-2H3,(H,25,28). The maximum Gasteiger partial charge on any atom is 0.256 e. The van der Waals surface area contributed by atoms with E-state index in [9.17, 15) is 14.4 Å². The number of piperidine rings is 1. The second kappa shape index (κ2) is 9.16. The SMILES string of the molecule is CC(C)C(=O)N1CCC2(CC1)OCC(C(=O)NCc1ccco1)N2C(=O)c1ccccc1. The summed E-state index contributed by atoms with van der Waals surface area (Å²) in [6.07, 6.45) is 2.48. The van der Waals surface area contributed by atoms with Gasteiger partial charge in [0.2, 0.25) is 11.8 Å². The molecule has 1 atom stereocenters. The number of carbonyl (C=O) groups is 3. The maximum absolute atomic E-state index is 13.6. The predicted molar refractivity (Wildman–Crippen MR) is 116 cm³/mol. The van der Waals surface area contributed by atoms with Crippen LogP contribution in [-0.4, -0.2) is 59.0 Å². The molecule has 3 heterocycles. The molecule has 0 bridgehead atoms. The number of likely N-dealkylation sites (tertiary alicyclic amines) is 1. The molecule has 8 nitrogen and oxygen atoms in total. The van der Waals surface area contributed by atoms with Crippen molar-refractivity contribution in [3.05, 3.63) is 60.1 Å². The summed E-state index contributed by atoms with van der Waals surface area (Å²) in [4.78, 5) is 42.5. The summed E-state index contributed by atoms with van der Waals surface area (Å²) < 4.78 is 11.5. The normalized spacial score (nSPS) is 20.0. The van der Waals surface area contributed by atoms with Crippen LogP contribution in [0.3, 0.4) is 0 Å². The topological polar surface area (TPSA) is 92.1 Å². The van der Waals surface area contributed by atoms with Gasteiger partial charge in [0.1, 0.15) is 17.5 Å². The lowest BCUT2D eigenvalue weighted by Crippen LogP contribution is -2.60. The van der Waals surface area contributed by atoms with Crippen LogP contribution in [0.4, 0.5) is 0 Å². The van der Waals surface area contributed by atoms with Crippen molar-refractivity contribution in [2.75, 3.05) is 19.7 Å². The minimum Gasteiger partial charge on any atom is -0.467 e. The largest absolute Gasteiger partial charge is 0.467 e. The third kappa shape index (κ3) is 4.27. The van der Waals surface area contributed by atoms with Crippen LogP contribution in [0, 0.1) is 5.92 Å². The van der Waals surface area contributed by atoms with Crippen LogP contribution in [0.2, 0.25) is 0 Å². The van der Waals surface area contributed by atoms with Gasteiger partial charge in [-0.2, -0.15) is 0 Å². The van der Waals surface area contributed by atoms with Crippen LogP contribution in [0.5, 0.6) is 0 Å². The molecule has 1 aromatic carbocycles. The number of carbonyl (C=O) groups excluding carboxylic acids is 3. The van der Waals surface area contributed by atoms with Crippen molar-refractivity contribution in [1.29, 1.82) is 0 Å². The molecular formula is C24H29N3O5. The molecule has 0 aliphatic carbocycles. The van der Waals surface area contributed by atoms with E-state index in [2.05, 4.69) is 5.32 Å². The lowest BCUT2D eigenvalue weighted by atomic mass is 9.95. The number of amides is 3. The summed E-state index contributed by atoms with van der Waals surface area (Å²) in [6.45, 7) is 5.07. The van der Waals surface area contributed by atoms with Crippen molar-refractivity contribution < 1.29 is 23.5 Å². The number of hydrogen-bond acceptors (Lipinski definition) is 5. The van der Waals surface area contributed by atoms with Gasteiger partial charge in [-0.05, 0) is 24.3 Å². The molecule has 2 saturated heterocycles. The monoisotopic (exact) mass is 439 g/mol. The van der Waals surface area contributed by atoms with Crippen molar-refractivity contribution in [3.8, 4) is 0 Å². The van der Waals surface area contributed by atoms with Gasteiger partial charge in [-0.15, -0.1) is 0 Å². The Balaban J connectivity index is 1.55. The Morgan fingerprint density at radius 3 is 2.44 bits per heavy atom. The fourth-order valence-electron chi connectivity index (χ4n) is 4.43. The molecule has 2 aliphatic rings. The van der Waals surface area contributed by atoms with Crippen molar-refractivity contribution in [1.82, 2.24) is 15.1 Å². The van der Waals surface area contributed by atoms with E-state index in [0.717, 1.165) is 0 Å². The maximum atomic E-state index is 13.6. The number of ether oxygens (including phenoxy) is 1. The van der Waals surface area contributed by atoms with Crippen LogP contribution >= 0.6 is 0 Å². The van der Waals surface area contributed by atoms with E-state index >= 15 is 0 Å². The van der Waals surface area contributed by atoms with Crippen LogP contribution in [-0.2, 0) is 20.9 Å². The minimum absolute atomic E-state index is 0.0873. The van der Waals surface area contributed by atoms with Crippen LogP contribution < -0.4 is 5.32 Å². The molecule has 2 aromatic rings. The van der Waals surface area contributed by atoms with E-state index in [-0.39, 0.29) is 36.8 Å². The number of rotatable bonds is 5. The summed E-state index contributed by atoms with van der Waals surface area (Å²) in [5, 5.41) is 2.86. The summed E-state index contributed by atoms with van der Waals surface area (Å²) in [7, 11) is 0. The fraction of sp³-hybridized carbons (Fsp3) is 0.458. The first kappa shape index (κ1) is 22.1. The number of nitrogens with one attached hydrogen (secondary N) is 1. The second-order valence-corrected chi connectivity index (χ2v) is 8.59. The Hall–Kier alpha value is -3.13. The first-order valence-corrected chi connectivity index (χ1v) is 11.0. The first-order valence-electron chi connectivity index (χ1n) is 11.0. The van der Waals surface area contributed by atoms with Gasteiger partial charge in [0.25, 0.3) is 5.91 Å². The summed E-state index contributed by atoms with van der Waals surface area (Å²) in [5.41, 5.74) is -0.408. The van der Waals surface area contributed by atoms with Gasteiger partial charge in [-0.3, -0.25) is 19.3 Å². The molecular weight excluding hydrogens is 410 g/mol. The molecule has 32 heavy (non-hydrogen) atoms. The zero-order valence-corrected chi connectivity index (χ0v) is 18.5. The van der Waals surface area contributed by atoms with Crippen molar-refractivity contribution in [2.24, 2.45) is 5.92 Å². The lowest BCUT2D eigenvalue weighted by Gasteiger charge is -2.44. The van der Waals surface area contributed by atoms with Gasteiger partial charge in [-0.25, -0.2) is 0 Å². The average Bonchev–Trinajstić information content (AvgIpc) is 3.46. The average molecular weight is 440 g/mol. The third-order valence-electron chi connectivity index (χ3n) is 6.17. The molecule has 3 amide bonds. The van der Waals surface area contributed by atoms with Crippen molar-refractivity contribution in [2.45, 2.75) is 45.0 Å². The van der Waals surface area contributed by atoms with E-state index in [1.54, 1.807) is 47.6 Å². The van der Waals surface area contributed by atoms with Crippen LogP contribution in [0.15, 0.2) is 53.1 Å². The molecule has 2 fully saturated rings. The highest BCUT2D eigenvalue weighted by atomic mass is 16.5. The highest BCUT2D eigenvalue weighted by Gasteiger charge is 2.54. The highest BCUT2D eigenvalue weighted by Crippen LogP contribution is 2.38. The van der Waals surface area contributed by atoms with Gasteiger partial charge in [0, 0.05) is 37.4 Å². The van der Waals surface area contributed by atoms with Gasteiger partial charge in [0.05, 0.1) is 19.4 Å². The molecule has 1 N–H and O–H groups in total. The van der Waals surface area contributed by atoms with Gasteiger partial charge >= 0.3 is 0 Å². The molecule has 1 aromatic heterocycles. The molecule has 4 rings (SSSR count). The fourth-order valence-corrected chi connectivity index (χ4v) is 4.43. The van der Waals surface area contributed by atoms with Gasteiger partial charge < -0.3 is 19.4 Å². The Labute approximate surface area is 187 Å². The number of hydrogen-bond donors (Lipinski definition) is 1. The molecule has 1 spiro atoms. The second-order valence-electron chi connectivity index (χ2n) is 8.59. The third-order valence-corrected chi connectivity index (χ3v) is 6.17. The van der Waals surface area contributed by atoms with E-state index in [1.165, 1.54) is 0 Å². The summed E-state index contributed by atoms with van der Waals surface area (Å²) in [5.74, 6) is 0.101. The quantitative estimate of drug-likeness (QED) is 0.773. The molecule has 2 aliphatic heterocycles. The number of furan rings is 1. The smallest absolute Gasteiger partial charge is 0.256 e. The Morgan fingerprint density at radius 1 is 1.09 bits per heavy atom. The van der Waals surface area contributed by atoms with Crippen molar-refractivity contribution in [3.63, 3.8) is 0 Å². The van der Waals surface area contributed by atoms with Crippen LogP contribution in [0.25, 0.3) is 0 Å². The number of benzene rings is 1. The lowest BCUT2D eigenvalue weighted by molar-refractivity contribution is -0.146. The highest BCUT2D eigenvalue weighted by molar-refractivity contribution is 5.98. The van der Waals surface area contributed by atoms with Gasteiger partial charge in [-0.1, -0.05) is 32.0 Å². The zero-order chi connectivity index (χ0) is 22.7. The van der Waals surface area contributed by atoms with Crippen LogP contribution in [0.1, 0.15) is 42.8 Å². The summed E-state index contributed by atoms with van der Waals surface area (Å²) >= 11 is 0. The van der Waals surface area contributed by atoms with Crippen molar-refractivity contribution >= 4 is 17.7 Å². The van der Waals surface area contributed by atoms with E-state index in [1.807, 2.05) is 24.8 Å². The Bertz CT molecular complexity index is 949. The zero-order valence-electron chi connectivity index (χ0n) is 18.5. The van der Waals surface area contributed by atoms with E-state index in [4.69, 9.17) is 9.15 Å². The number of nitrogens with zero attached hydrogens (tertiary/aromatic N) is 2. The van der Waals surface area contributed by atoms with E-state index < -0.39 is 11.8 Å². The van der Waals surface area contributed by atoms with E-state index in [0.29, 0.717) is 37.3 Å². The molecule has 0 saturated carbocycles. The molecule has 8 heteroatoms. The predicted octanol–water partition coefficient (Wildman–Crippen LogP) is 2.41. The molecule has 170 valence electrons. The first-order chi connectivity index (χ1) is 15.4. The Kier molecular flexibility index (Phi) is 6.32. The Morgan fingerprint density at radius 2 is 1.81 bits per heavy atom. The molecule has 0 radical (unpaired) electrons.